The van der Waals surface area contributed by atoms with Crippen LogP contribution in [0.1, 0.15) is 85.5 Å². The molecule has 0 aromatic rings. The van der Waals surface area contributed by atoms with Gasteiger partial charge >= 0.3 is 11.9 Å². The molecule has 0 unspecified atom stereocenters. The molecule has 0 saturated carbocycles. The van der Waals surface area contributed by atoms with Crippen LogP contribution in [0.5, 0.6) is 0 Å². The minimum Gasteiger partial charge on any atom is -0.519 e. The van der Waals surface area contributed by atoms with Crippen LogP contribution in [0, 0.1) is 0 Å². The van der Waals surface area contributed by atoms with Gasteiger partial charge in [-0.25, -0.2) is 9.59 Å². The molecule has 0 aliphatic rings. The lowest BCUT2D eigenvalue weighted by molar-refractivity contribution is -0.143. The summed E-state index contributed by atoms with van der Waals surface area (Å²) >= 11 is 0. The fraction of sp³-hybridized carbons (Fsp3) is 0.783. The highest BCUT2D eigenvalue weighted by atomic mass is 28.4. The van der Waals surface area contributed by atoms with Crippen LogP contribution in [0.2, 0.25) is 18.1 Å². The van der Waals surface area contributed by atoms with Crippen molar-refractivity contribution in [2.45, 2.75) is 104 Å². The van der Waals surface area contributed by atoms with Crippen LogP contribution in [-0.4, -0.2) is 39.4 Å². The predicted octanol–water partition coefficient (Wildman–Crippen LogP) is 5.71. The summed E-state index contributed by atoms with van der Waals surface area (Å²) in [4.78, 5) is 35.6. The van der Waals surface area contributed by atoms with E-state index in [4.69, 9.17) is 13.9 Å². The number of esters is 2. The molecule has 0 rings (SSSR count). The SMILES string of the molecule is CCCCOC(=O)/C=C\C(=O)OCCC(=O)O[Si](CCCC)(CCCC)CCCC. The van der Waals surface area contributed by atoms with Crippen LogP contribution < -0.4 is 0 Å². The first kappa shape index (κ1) is 28.4. The van der Waals surface area contributed by atoms with E-state index in [1.165, 1.54) is 0 Å². The van der Waals surface area contributed by atoms with Crippen molar-refractivity contribution in [3.63, 3.8) is 0 Å². The molecule has 0 aromatic carbocycles. The second-order valence-electron chi connectivity index (χ2n) is 7.74. The molecule has 0 aliphatic heterocycles. The maximum absolute atomic E-state index is 12.5. The lowest BCUT2D eigenvalue weighted by Crippen LogP contribution is -2.40. The van der Waals surface area contributed by atoms with Gasteiger partial charge in [-0.15, -0.1) is 0 Å². The maximum atomic E-state index is 12.5. The number of unbranched alkanes of at least 4 members (excludes halogenated alkanes) is 4. The highest BCUT2D eigenvalue weighted by molar-refractivity contribution is 6.75. The highest BCUT2D eigenvalue weighted by Crippen LogP contribution is 2.30. The summed E-state index contributed by atoms with van der Waals surface area (Å²) < 4.78 is 16.0. The zero-order valence-electron chi connectivity index (χ0n) is 19.5. The van der Waals surface area contributed by atoms with Crippen molar-refractivity contribution in [2.75, 3.05) is 13.2 Å². The van der Waals surface area contributed by atoms with Gasteiger partial charge in [0.25, 0.3) is 14.3 Å². The van der Waals surface area contributed by atoms with Crippen LogP contribution >= 0.6 is 0 Å². The third kappa shape index (κ3) is 14.4. The molecule has 0 saturated heterocycles. The van der Waals surface area contributed by atoms with Gasteiger partial charge in [0.2, 0.25) is 0 Å². The van der Waals surface area contributed by atoms with Gasteiger partial charge in [-0.3, -0.25) is 4.79 Å². The number of rotatable bonds is 18. The molecule has 0 radical (unpaired) electrons. The normalized spacial score (nSPS) is 11.5. The maximum Gasteiger partial charge on any atom is 0.331 e. The van der Waals surface area contributed by atoms with Crippen molar-refractivity contribution in [1.29, 1.82) is 0 Å². The number of hydrogen-bond acceptors (Lipinski definition) is 6. The van der Waals surface area contributed by atoms with E-state index >= 15 is 0 Å². The van der Waals surface area contributed by atoms with E-state index in [2.05, 4.69) is 20.8 Å². The third-order valence-corrected chi connectivity index (χ3v) is 9.39. The molecule has 174 valence electrons. The predicted molar refractivity (Wildman–Crippen MR) is 122 cm³/mol. The Bertz CT molecular complexity index is 496. The first-order chi connectivity index (χ1) is 14.4. The molecule has 30 heavy (non-hydrogen) atoms. The Hall–Kier alpha value is -1.63. The summed E-state index contributed by atoms with van der Waals surface area (Å²) in [7, 11) is -2.11. The summed E-state index contributed by atoms with van der Waals surface area (Å²) in [5.41, 5.74) is 0. The Balaban J connectivity index is 4.54. The van der Waals surface area contributed by atoms with Crippen molar-refractivity contribution in [3.8, 4) is 0 Å². The molecular formula is C23H42O6Si. The first-order valence-electron chi connectivity index (χ1n) is 11.7. The Morgan fingerprint density at radius 2 is 1.10 bits per heavy atom. The van der Waals surface area contributed by atoms with Crippen molar-refractivity contribution in [3.05, 3.63) is 12.2 Å². The van der Waals surface area contributed by atoms with E-state index in [0.29, 0.717) is 6.61 Å². The standard InChI is InChI=1S/C23H42O6Si/c1-5-9-16-27-21(24)13-14-22(25)28-17-15-23(26)29-30(18-10-6-2,19-11-7-3)20-12-8-4/h13-14H,5-12,15-20H2,1-4H3/b14-13-. The van der Waals surface area contributed by atoms with Crippen molar-refractivity contribution < 1.29 is 28.3 Å². The number of carbonyl (C=O) groups excluding carboxylic acids is 3. The Labute approximate surface area is 183 Å². The smallest absolute Gasteiger partial charge is 0.331 e. The zero-order valence-corrected chi connectivity index (χ0v) is 20.5. The topological polar surface area (TPSA) is 78.9 Å². The first-order valence-corrected chi connectivity index (χ1v) is 14.2. The number of carbonyl (C=O) groups is 3. The van der Waals surface area contributed by atoms with Gasteiger partial charge in [0.05, 0.1) is 13.0 Å². The van der Waals surface area contributed by atoms with E-state index in [1.54, 1.807) is 0 Å². The molecule has 0 heterocycles. The molecular weight excluding hydrogens is 400 g/mol. The van der Waals surface area contributed by atoms with Gasteiger partial charge in [-0.05, 0) is 24.6 Å². The second kappa shape index (κ2) is 18.2. The molecule has 0 fully saturated rings. The minimum atomic E-state index is -2.11. The molecule has 6 nitrogen and oxygen atoms in total. The van der Waals surface area contributed by atoms with Gasteiger partial charge in [0, 0.05) is 12.2 Å². The third-order valence-electron chi connectivity index (χ3n) is 4.94. The summed E-state index contributed by atoms with van der Waals surface area (Å²) in [6.45, 7) is 8.76. The molecule has 0 aromatic heterocycles. The van der Waals surface area contributed by atoms with Crippen LogP contribution in [0.15, 0.2) is 12.2 Å². The monoisotopic (exact) mass is 442 g/mol. The van der Waals surface area contributed by atoms with E-state index in [9.17, 15) is 14.4 Å². The van der Waals surface area contributed by atoms with E-state index < -0.39 is 20.3 Å². The molecule has 0 N–H and O–H groups in total. The average molecular weight is 443 g/mol. The highest BCUT2D eigenvalue weighted by Gasteiger charge is 2.36. The van der Waals surface area contributed by atoms with Crippen molar-refractivity contribution in [2.24, 2.45) is 0 Å². The fourth-order valence-electron chi connectivity index (χ4n) is 3.10. The van der Waals surface area contributed by atoms with Gasteiger partial charge < -0.3 is 13.9 Å². The van der Waals surface area contributed by atoms with E-state index in [1.807, 2.05) is 6.92 Å². The van der Waals surface area contributed by atoms with Crippen LogP contribution in [0.3, 0.4) is 0 Å². The lowest BCUT2D eigenvalue weighted by Gasteiger charge is -2.31. The van der Waals surface area contributed by atoms with Crippen molar-refractivity contribution >= 4 is 26.2 Å². The van der Waals surface area contributed by atoms with Crippen molar-refractivity contribution in [1.82, 2.24) is 0 Å². The van der Waals surface area contributed by atoms with Gasteiger partial charge in [0.15, 0.2) is 0 Å². The van der Waals surface area contributed by atoms with Gasteiger partial charge in [0.1, 0.15) is 6.61 Å². The van der Waals surface area contributed by atoms with E-state index in [0.717, 1.165) is 81.7 Å². The number of ether oxygens (including phenoxy) is 2. The second-order valence-corrected chi connectivity index (χ2v) is 11.8. The fourth-order valence-corrected chi connectivity index (χ4v) is 7.74. The minimum absolute atomic E-state index is 0.0413. The molecule has 0 atom stereocenters. The number of hydrogen-bond donors (Lipinski definition) is 0. The van der Waals surface area contributed by atoms with E-state index in [-0.39, 0.29) is 19.0 Å². The largest absolute Gasteiger partial charge is 0.519 e. The van der Waals surface area contributed by atoms with Gasteiger partial charge in [-0.1, -0.05) is 72.6 Å². The Morgan fingerprint density at radius 3 is 1.53 bits per heavy atom. The quantitative estimate of drug-likeness (QED) is 0.117. The zero-order chi connectivity index (χ0) is 22.7. The summed E-state index contributed by atoms with van der Waals surface area (Å²) in [5.74, 6) is -1.51. The van der Waals surface area contributed by atoms with Crippen LogP contribution in [0.25, 0.3) is 0 Å². The van der Waals surface area contributed by atoms with Crippen LogP contribution in [-0.2, 0) is 28.3 Å². The molecule has 0 bridgehead atoms. The summed E-state index contributed by atoms with van der Waals surface area (Å²) in [6, 6.07) is 3.04. The molecule has 7 heteroatoms. The molecule has 0 spiro atoms. The van der Waals surface area contributed by atoms with Gasteiger partial charge in [-0.2, -0.15) is 0 Å². The Morgan fingerprint density at radius 1 is 0.667 bits per heavy atom. The van der Waals surface area contributed by atoms with Crippen LogP contribution in [0.4, 0.5) is 0 Å². The lowest BCUT2D eigenvalue weighted by atomic mass is 10.4. The summed E-state index contributed by atoms with van der Waals surface area (Å²) in [5, 5.41) is 0. The summed E-state index contributed by atoms with van der Waals surface area (Å²) in [6.07, 6.45) is 10.4. The molecule has 0 aliphatic carbocycles. The molecule has 0 amide bonds. The Kier molecular flexibility index (Phi) is 17.2. The average Bonchev–Trinajstić information content (AvgIpc) is 2.73.